The van der Waals surface area contributed by atoms with E-state index in [1.54, 1.807) is 26.4 Å². The van der Waals surface area contributed by atoms with Crippen LogP contribution in [0.1, 0.15) is 41.6 Å². The van der Waals surface area contributed by atoms with Gasteiger partial charge in [0.2, 0.25) is 5.75 Å². The number of piperidine rings is 1. The molecule has 0 bridgehead atoms. The van der Waals surface area contributed by atoms with Crippen molar-refractivity contribution in [2.75, 3.05) is 40.4 Å². The molecule has 0 aromatic heterocycles. The first kappa shape index (κ1) is 22.0. The molecule has 30 heavy (non-hydrogen) atoms. The van der Waals surface area contributed by atoms with Gasteiger partial charge in [0, 0.05) is 12.1 Å². The predicted molar refractivity (Wildman–Crippen MR) is 118 cm³/mol. The SMILES string of the molecule is COc1cc(C(=O)NCCCN2CCCCC2)cc(OC)c1OCc1ccccc1. The highest BCUT2D eigenvalue weighted by Gasteiger charge is 2.18. The molecule has 162 valence electrons. The first-order valence-corrected chi connectivity index (χ1v) is 10.6. The Labute approximate surface area is 179 Å². The number of nitrogens with one attached hydrogen (secondary N) is 1. The minimum atomic E-state index is -0.139. The van der Waals surface area contributed by atoms with Crippen molar-refractivity contribution in [1.82, 2.24) is 10.2 Å². The number of likely N-dealkylation sites (tertiary alicyclic amines) is 1. The van der Waals surface area contributed by atoms with E-state index in [0.29, 0.717) is 36.0 Å². The van der Waals surface area contributed by atoms with E-state index >= 15 is 0 Å². The zero-order chi connectivity index (χ0) is 21.2. The lowest BCUT2D eigenvalue weighted by Gasteiger charge is -2.26. The Kier molecular flexibility index (Phi) is 8.39. The summed E-state index contributed by atoms with van der Waals surface area (Å²) in [6, 6.07) is 13.3. The van der Waals surface area contributed by atoms with E-state index in [9.17, 15) is 4.79 Å². The van der Waals surface area contributed by atoms with Crippen molar-refractivity contribution in [3.63, 3.8) is 0 Å². The lowest BCUT2D eigenvalue weighted by Crippen LogP contribution is -2.33. The highest BCUT2D eigenvalue weighted by atomic mass is 16.5. The topological polar surface area (TPSA) is 60.0 Å². The number of hydrogen-bond acceptors (Lipinski definition) is 5. The number of benzene rings is 2. The maximum atomic E-state index is 12.6. The molecule has 0 radical (unpaired) electrons. The van der Waals surface area contributed by atoms with E-state index in [0.717, 1.165) is 18.5 Å². The summed E-state index contributed by atoms with van der Waals surface area (Å²) in [6.45, 7) is 4.40. The zero-order valence-electron chi connectivity index (χ0n) is 18.0. The molecular formula is C24H32N2O4. The van der Waals surface area contributed by atoms with Gasteiger partial charge in [0.1, 0.15) is 6.61 Å². The summed E-state index contributed by atoms with van der Waals surface area (Å²) >= 11 is 0. The Morgan fingerprint density at radius 1 is 1.00 bits per heavy atom. The third-order valence-electron chi connectivity index (χ3n) is 5.33. The molecule has 0 spiro atoms. The summed E-state index contributed by atoms with van der Waals surface area (Å²) in [5.74, 6) is 1.30. The van der Waals surface area contributed by atoms with Crippen LogP contribution in [0.4, 0.5) is 0 Å². The molecule has 1 N–H and O–H groups in total. The first-order valence-electron chi connectivity index (χ1n) is 10.6. The number of nitrogens with zero attached hydrogens (tertiary/aromatic N) is 1. The van der Waals surface area contributed by atoms with Crippen LogP contribution < -0.4 is 19.5 Å². The van der Waals surface area contributed by atoms with E-state index in [4.69, 9.17) is 14.2 Å². The van der Waals surface area contributed by atoms with Crippen molar-refractivity contribution in [3.05, 3.63) is 53.6 Å². The zero-order valence-corrected chi connectivity index (χ0v) is 18.0. The van der Waals surface area contributed by atoms with Crippen LogP contribution in [0.3, 0.4) is 0 Å². The molecule has 1 saturated heterocycles. The van der Waals surface area contributed by atoms with Gasteiger partial charge in [-0.2, -0.15) is 0 Å². The molecular weight excluding hydrogens is 380 g/mol. The average molecular weight is 413 g/mol. The summed E-state index contributed by atoms with van der Waals surface area (Å²) in [6.07, 6.45) is 4.84. The second kappa shape index (κ2) is 11.5. The molecule has 2 aromatic rings. The summed E-state index contributed by atoms with van der Waals surface area (Å²) in [4.78, 5) is 15.1. The molecule has 1 fully saturated rings. The molecule has 0 aliphatic carbocycles. The van der Waals surface area contributed by atoms with Crippen LogP contribution in [0.25, 0.3) is 0 Å². The van der Waals surface area contributed by atoms with E-state index in [-0.39, 0.29) is 5.91 Å². The van der Waals surface area contributed by atoms with E-state index < -0.39 is 0 Å². The lowest BCUT2D eigenvalue weighted by molar-refractivity contribution is 0.0950. The molecule has 2 aromatic carbocycles. The molecule has 0 saturated carbocycles. The molecule has 1 heterocycles. The van der Waals surface area contributed by atoms with Gasteiger partial charge in [-0.05, 0) is 56.6 Å². The molecule has 3 rings (SSSR count). The van der Waals surface area contributed by atoms with Crippen LogP contribution in [0.15, 0.2) is 42.5 Å². The maximum absolute atomic E-state index is 12.6. The van der Waals surface area contributed by atoms with E-state index in [1.807, 2.05) is 30.3 Å². The number of amides is 1. The minimum absolute atomic E-state index is 0.139. The Balaban J connectivity index is 1.59. The van der Waals surface area contributed by atoms with Gasteiger partial charge in [0.15, 0.2) is 11.5 Å². The van der Waals surface area contributed by atoms with Gasteiger partial charge in [-0.1, -0.05) is 36.8 Å². The Hall–Kier alpha value is -2.73. The highest BCUT2D eigenvalue weighted by Crippen LogP contribution is 2.39. The number of ether oxygens (including phenoxy) is 3. The highest BCUT2D eigenvalue weighted by molar-refractivity contribution is 5.95. The number of rotatable bonds is 10. The molecule has 0 unspecified atom stereocenters. The van der Waals surface area contributed by atoms with Crippen LogP contribution in [-0.2, 0) is 6.61 Å². The van der Waals surface area contributed by atoms with Crippen molar-refractivity contribution < 1.29 is 19.0 Å². The van der Waals surface area contributed by atoms with Gasteiger partial charge >= 0.3 is 0 Å². The summed E-state index contributed by atoms with van der Waals surface area (Å²) in [5.41, 5.74) is 1.53. The lowest BCUT2D eigenvalue weighted by atomic mass is 10.1. The Morgan fingerprint density at radius 2 is 1.67 bits per heavy atom. The third kappa shape index (κ3) is 6.13. The van der Waals surface area contributed by atoms with Crippen LogP contribution >= 0.6 is 0 Å². The van der Waals surface area contributed by atoms with Crippen LogP contribution in [0.2, 0.25) is 0 Å². The second-order valence-electron chi connectivity index (χ2n) is 7.50. The molecule has 1 amide bonds. The fourth-order valence-electron chi connectivity index (χ4n) is 3.67. The van der Waals surface area contributed by atoms with Gasteiger partial charge in [-0.25, -0.2) is 0 Å². The fraction of sp³-hybridized carbons (Fsp3) is 0.458. The quantitative estimate of drug-likeness (QED) is 0.600. The van der Waals surface area contributed by atoms with Crippen molar-refractivity contribution in [3.8, 4) is 17.2 Å². The first-order chi connectivity index (χ1) is 14.7. The van der Waals surface area contributed by atoms with Gasteiger partial charge in [-0.3, -0.25) is 4.79 Å². The summed E-state index contributed by atoms with van der Waals surface area (Å²) in [5, 5.41) is 3.00. The minimum Gasteiger partial charge on any atom is -0.493 e. The molecule has 6 heteroatoms. The normalized spacial score (nSPS) is 14.2. The second-order valence-corrected chi connectivity index (χ2v) is 7.50. The van der Waals surface area contributed by atoms with Crippen LogP contribution in [-0.4, -0.2) is 51.2 Å². The Morgan fingerprint density at radius 3 is 2.30 bits per heavy atom. The van der Waals surface area contributed by atoms with Crippen LogP contribution in [0, 0.1) is 0 Å². The number of carbonyl (C=O) groups excluding carboxylic acids is 1. The Bertz CT molecular complexity index is 779. The molecule has 6 nitrogen and oxygen atoms in total. The third-order valence-corrected chi connectivity index (χ3v) is 5.33. The molecule has 1 aliphatic rings. The average Bonchev–Trinajstić information content (AvgIpc) is 2.81. The largest absolute Gasteiger partial charge is 0.493 e. The van der Waals surface area contributed by atoms with Gasteiger partial charge < -0.3 is 24.4 Å². The predicted octanol–water partition coefficient (Wildman–Crippen LogP) is 3.89. The van der Waals surface area contributed by atoms with Crippen molar-refractivity contribution >= 4 is 5.91 Å². The van der Waals surface area contributed by atoms with Gasteiger partial charge in [-0.15, -0.1) is 0 Å². The molecule has 1 aliphatic heterocycles. The van der Waals surface area contributed by atoms with Crippen molar-refractivity contribution in [1.29, 1.82) is 0 Å². The number of hydrogen-bond donors (Lipinski definition) is 1. The fourth-order valence-corrected chi connectivity index (χ4v) is 3.67. The standard InChI is InChI=1S/C24H32N2O4/c1-28-21-16-20(24(27)25-12-9-15-26-13-7-4-8-14-26)17-22(29-2)23(21)30-18-19-10-5-3-6-11-19/h3,5-6,10-11,16-17H,4,7-9,12-15,18H2,1-2H3,(H,25,27). The monoisotopic (exact) mass is 412 g/mol. The van der Waals surface area contributed by atoms with Crippen LogP contribution in [0.5, 0.6) is 17.2 Å². The van der Waals surface area contributed by atoms with Crippen molar-refractivity contribution in [2.45, 2.75) is 32.3 Å². The number of methoxy groups -OCH3 is 2. The van der Waals surface area contributed by atoms with E-state index in [1.165, 1.54) is 32.4 Å². The maximum Gasteiger partial charge on any atom is 0.251 e. The van der Waals surface area contributed by atoms with Gasteiger partial charge in [0.25, 0.3) is 5.91 Å². The van der Waals surface area contributed by atoms with E-state index in [2.05, 4.69) is 10.2 Å². The number of carbonyl (C=O) groups is 1. The van der Waals surface area contributed by atoms with Crippen molar-refractivity contribution in [2.24, 2.45) is 0 Å². The molecule has 0 atom stereocenters. The summed E-state index contributed by atoms with van der Waals surface area (Å²) in [7, 11) is 3.12. The summed E-state index contributed by atoms with van der Waals surface area (Å²) < 4.78 is 16.9. The van der Waals surface area contributed by atoms with Gasteiger partial charge in [0.05, 0.1) is 14.2 Å². The smallest absolute Gasteiger partial charge is 0.251 e.